The molecule has 1 saturated carbocycles. The van der Waals surface area contributed by atoms with Gasteiger partial charge in [0, 0.05) is 6.61 Å². The highest BCUT2D eigenvalue weighted by atomic mass is 31.2. The molecular formula is C44H65FN5O9P. The molecular weight excluding hydrogens is 792 g/mol. The molecule has 1 spiro atoms. The quantitative estimate of drug-likeness (QED) is 0.0521. The molecule has 3 fully saturated rings. The number of nitriles is 1. The van der Waals surface area contributed by atoms with Crippen molar-refractivity contribution >= 4 is 19.2 Å². The van der Waals surface area contributed by atoms with E-state index in [-0.39, 0.29) is 25.4 Å². The number of aromatic nitrogens is 3. The van der Waals surface area contributed by atoms with Crippen LogP contribution >= 0.6 is 7.82 Å². The maximum Gasteiger partial charge on any atom is 0.472 e. The molecule has 0 radical (unpaired) electrons. The van der Waals surface area contributed by atoms with Gasteiger partial charge in [0.1, 0.15) is 47.7 Å². The number of ether oxygens (including phenoxy) is 5. The third kappa shape index (κ3) is 11.5. The van der Waals surface area contributed by atoms with Gasteiger partial charge in [0.2, 0.25) is 0 Å². The molecule has 2 saturated heterocycles. The van der Waals surface area contributed by atoms with Gasteiger partial charge in [0.05, 0.1) is 37.1 Å². The second-order valence-corrected chi connectivity index (χ2v) is 18.6. The molecule has 1 aliphatic carbocycles. The van der Waals surface area contributed by atoms with Crippen LogP contribution in [0.2, 0.25) is 0 Å². The summed E-state index contributed by atoms with van der Waals surface area (Å²) in [6.07, 6.45) is 18.4. The van der Waals surface area contributed by atoms with Crippen LogP contribution in [-0.2, 0) is 49.5 Å². The van der Waals surface area contributed by atoms with Crippen LogP contribution in [-0.4, -0.2) is 75.1 Å². The predicted octanol–water partition coefficient (Wildman–Crippen LogP) is 9.21. The molecule has 3 aliphatic rings. The summed E-state index contributed by atoms with van der Waals surface area (Å²) in [6, 6.07) is 9.50. The maximum absolute atomic E-state index is 14.2. The summed E-state index contributed by atoms with van der Waals surface area (Å²) in [5.41, 5.74) is 5.63. The summed E-state index contributed by atoms with van der Waals surface area (Å²) in [4.78, 5) is 15.1. The molecule has 3 aromatic rings. The highest BCUT2D eigenvalue weighted by molar-refractivity contribution is 7.47. The van der Waals surface area contributed by atoms with Crippen LogP contribution in [0.4, 0.5) is 10.2 Å². The molecule has 332 valence electrons. The number of phosphoric acid groups is 1. The Hall–Kier alpha value is -3.03. The highest BCUT2D eigenvalue weighted by Crippen LogP contribution is 2.69. The lowest BCUT2D eigenvalue weighted by Crippen LogP contribution is -2.45. The van der Waals surface area contributed by atoms with Crippen LogP contribution in [0, 0.1) is 17.1 Å². The van der Waals surface area contributed by atoms with Crippen LogP contribution in [0.5, 0.6) is 0 Å². The molecule has 0 bridgehead atoms. The third-order valence-electron chi connectivity index (χ3n) is 11.8. The largest absolute Gasteiger partial charge is 0.472 e. The first-order valence-corrected chi connectivity index (χ1v) is 23.5. The monoisotopic (exact) mass is 857 g/mol. The second-order valence-electron chi connectivity index (χ2n) is 17.2. The second kappa shape index (κ2) is 20.9. The van der Waals surface area contributed by atoms with E-state index in [2.05, 4.69) is 17.0 Å². The van der Waals surface area contributed by atoms with Gasteiger partial charge in [-0.2, -0.15) is 10.4 Å². The van der Waals surface area contributed by atoms with Gasteiger partial charge >= 0.3 is 7.82 Å². The van der Waals surface area contributed by atoms with Gasteiger partial charge in [-0.1, -0.05) is 103 Å². The Morgan fingerprint density at radius 2 is 1.60 bits per heavy atom. The number of nitrogen functional groups attached to an aromatic ring is 1. The number of phosphoric ester groups is 1. The van der Waals surface area contributed by atoms with Gasteiger partial charge in [-0.15, -0.1) is 0 Å². The number of hydrogen-bond acceptors (Lipinski definition) is 12. The number of unbranched alkanes of at least 4 members (excludes halogenated alkanes) is 15. The molecule has 14 nitrogen and oxygen atoms in total. The fraction of sp³-hybridized carbons (Fsp3) is 0.705. The Morgan fingerprint density at radius 3 is 2.25 bits per heavy atom. The molecule has 2 unspecified atom stereocenters. The van der Waals surface area contributed by atoms with Crippen molar-refractivity contribution in [1.29, 1.82) is 5.26 Å². The first-order valence-electron chi connectivity index (χ1n) is 22.0. The van der Waals surface area contributed by atoms with E-state index in [1.165, 1.54) is 102 Å². The number of hydrogen-bond donors (Lipinski definition) is 2. The number of anilines is 1. The van der Waals surface area contributed by atoms with E-state index >= 15 is 0 Å². The van der Waals surface area contributed by atoms with Gasteiger partial charge in [0.15, 0.2) is 17.2 Å². The zero-order valence-electron chi connectivity index (χ0n) is 35.8. The lowest BCUT2D eigenvalue weighted by molar-refractivity contribution is -0.196. The van der Waals surface area contributed by atoms with Crippen molar-refractivity contribution in [2.45, 2.75) is 178 Å². The number of benzene rings is 1. The predicted molar refractivity (Wildman–Crippen MR) is 223 cm³/mol. The summed E-state index contributed by atoms with van der Waals surface area (Å²) < 4.78 is 71.9. The van der Waals surface area contributed by atoms with Crippen molar-refractivity contribution in [1.82, 2.24) is 14.6 Å². The van der Waals surface area contributed by atoms with Crippen LogP contribution in [0.15, 0.2) is 36.7 Å². The molecule has 7 atom stereocenters. The van der Waals surface area contributed by atoms with E-state index in [9.17, 15) is 19.1 Å². The van der Waals surface area contributed by atoms with Crippen molar-refractivity contribution in [2.75, 3.05) is 25.6 Å². The van der Waals surface area contributed by atoms with Crippen molar-refractivity contribution in [3.05, 3.63) is 59.3 Å². The summed E-state index contributed by atoms with van der Waals surface area (Å²) in [5, 5.41) is 13.7. The Kier molecular flexibility index (Phi) is 16.2. The topological polar surface area (TPSA) is 182 Å². The van der Waals surface area contributed by atoms with E-state index in [0.29, 0.717) is 29.2 Å². The number of fused-ring (bicyclic) bond motifs is 1. The van der Waals surface area contributed by atoms with E-state index in [0.717, 1.165) is 25.3 Å². The fourth-order valence-corrected chi connectivity index (χ4v) is 9.75. The van der Waals surface area contributed by atoms with Gasteiger partial charge in [0.25, 0.3) is 0 Å². The summed E-state index contributed by atoms with van der Waals surface area (Å²) in [7, 11) is -4.73. The van der Waals surface area contributed by atoms with E-state index in [1.807, 2.05) is 19.1 Å². The first kappa shape index (κ1) is 46.5. The van der Waals surface area contributed by atoms with E-state index < -0.39 is 55.0 Å². The van der Waals surface area contributed by atoms with Crippen LogP contribution in [0.25, 0.3) is 5.52 Å². The number of nitrogens with zero attached hydrogens (tertiary/aromatic N) is 4. The van der Waals surface area contributed by atoms with Gasteiger partial charge in [-0.25, -0.2) is 18.5 Å². The smallest absolute Gasteiger partial charge is 0.382 e. The fourth-order valence-electron chi connectivity index (χ4n) is 8.77. The van der Waals surface area contributed by atoms with E-state index in [4.69, 9.17) is 38.5 Å². The zero-order valence-corrected chi connectivity index (χ0v) is 36.7. The van der Waals surface area contributed by atoms with Crippen molar-refractivity contribution < 1.29 is 46.6 Å². The highest BCUT2D eigenvalue weighted by Gasteiger charge is 2.88. The first-order chi connectivity index (χ1) is 28.8. The summed E-state index contributed by atoms with van der Waals surface area (Å²) in [6.45, 7) is 7.74. The molecule has 6 rings (SSSR count). The SMILES string of the molecule is CCCCCCCCCCCCCCCCCCOC[C@H](COP(=O)(O)OC1[C@H]2O[C@@](C)(c3ccc4c(N)ncnn34)[C@@H]3OC(C)(C)O[C@]123)OCc1cc(F)cc(C#N)c1. The number of rotatable bonds is 28. The summed E-state index contributed by atoms with van der Waals surface area (Å²) in [5.74, 6) is -1.32. The van der Waals surface area contributed by atoms with Crippen molar-refractivity contribution in [2.24, 2.45) is 0 Å². The minimum atomic E-state index is -4.73. The molecule has 4 heterocycles. The Balaban J connectivity index is 0.957. The number of halogens is 1. The number of nitrogens with two attached hydrogens (primary N) is 1. The standard InChI is InChI=1S/C44H65FN5O9P/c1-5-6-7-8-9-10-11-12-13-14-15-16-17-18-19-20-23-53-29-35(54-28-33-24-32(27-46)25-34(45)26-33)30-55-60(51,52)58-39-38-44(39)41(57-42(2,3)59-44)43(4,56-38)37-22-21-36-40(47)48-31-49-50(36)37/h21-22,24-26,31,35,38-39,41H,5-20,23,28-30H2,1-4H3,(H,51,52)(H2,47,48,49)/t35-,38-,39?,41+,43+,44+/m1/s1. The summed E-state index contributed by atoms with van der Waals surface area (Å²) >= 11 is 0. The molecule has 2 aliphatic heterocycles. The Bertz CT molecular complexity index is 1940. The molecule has 3 N–H and O–H groups in total. The van der Waals surface area contributed by atoms with Gasteiger partial charge < -0.3 is 34.3 Å². The molecule has 60 heavy (non-hydrogen) atoms. The minimum absolute atomic E-state index is 0.0587. The van der Waals surface area contributed by atoms with Crippen LogP contribution in [0.3, 0.4) is 0 Å². The van der Waals surface area contributed by atoms with Gasteiger partial charge in [-0.05, 0) is 63.1 Å². The van der Waals surface area contributed by atoms with Crippen molar-refractivity contribution in [3.63, 3.8) is 0 Å². The van der Waals surface area contributed by atoms with Crippen LogP contribution in [0.1, 0.15) is 147 Å². The van der Waals surface area contributed by atoms with Crippen LogP contribution < -0.4 is 5.73 Å². The van der Waals surface area contributed by atoms with E-state index in [1.54, 1.807) is 24.4 Å². The molecule has 0 amide bonds. The lowest BCUT2D eigenvalue weighted by Gasteiger charge is -2.33. The minimum Gasteiger partial charge on any atom is -0.382 e. The molecule has 16 heteroatoms. The van der Waals surface area contributed by atoms with Gasteiger partial charge in [-0.3, -0.25) is 9.05 Å². The van der Waals surface area contributed by atoms with Crippen molar-refractivity contribution in [3.8, 4) is 6.07 Å². The maximum atomic E-state index is 14.2. The zero-order chi connectivity index (χ0) is 42.8. The Labute approximate surface area is 354 Å². The molecule has 1 aromatic carbocycles. The average molecular weight is 858 g/mol. The Morgan fingerprint density at radius 1 is 0.950 bits per heavy atom. The third-order valence-corrected chi connectivity index (χ3v) is 12.8. The normalized spacial score (nSPS) is 25.5. The molecule has 2 aromatic heterocycles. The lowest BCUT2D eigenvalue weighted by atomic mass is 9.91. The average Bonchev–Trinajstić information content (AvgIpc) is 3.53.